The van der Waals surface area contributed by atoms with Gasteiger partial charge in [-0.1, -0.05) is 97.1 Å². The van der Waals surface area contributed by atoms with Gasteiger partial charge >= 0.3 is 0 Å². The predicted octanol–water partition coefficient (Wildman–Crippen LogP) is 11.1. The summed E-state index contributed by atoms with van der Waals surface area (Å²) >= 11 is 0. The molecular weight excluding hydrogens is 488 g/mol. The second kappa shape index (κ2) is 8.08. The Morgan fingerprint density at radius 3 is 1.57 bits per heavy atom. The molecule has 0 amide bonds. The molecule has 0 spiro atoms. The van der Waals surface area contributed by atoms with E-state index in [1.165, 1.54) is 43.8 Å². The Labute approximate surface area is 229 Å². The molecule has 0 saturated carbocycles. The third-order valence-electron chi connectivity index (χ3n) is 8.27. The van der Waals surface area contributed by atoms with Crippen molar-refractivity contribution >= 4 is 65.4 Å². The average molecular weight is 511 g/mol. The normalized spacial score (nSPS) is 12.0. The molecule has 0 unspecified atom stereocenters. The van der Waals surface area contributed by atoms with E-state index in [-0.39, 0.29) is 0 Å². The van der Waals surface area contributed by atoms with Crippen LogP contribution in [0.1, 0.15) is 0 Å². The molecule has 9 aromatic rings. The van der Waals surface area contributed by atoms with Gasteiger partial charge in [0, 0.05) is 16.2 Å². The molecule has 0 atom stereocenters. The predicted molar refractivity (Wildman–Crippen MR) is 167 cm³/mol. The first-order valence-corrected chi connectivity index (χ1v) is 13.6. The van der Waals surface area contributed by atoms with Crippen LogP contribution in [0, 0.1) is 0 Å². The molecule has 7 aromatic carbocycles. The summed E-state index contributed by atoms with van der Waals surface area (Å²) in [6.45, 7) is 0. The van der Waals surface area contributed by atoms with Gasteiger partial charge in [-0.2, -0.15) is 0 Å². The number of furan rings is 2. The zero-order chi connectivity index (χ0) is 26.2. The quantitative estimate of drug-likeness (QED) is 0.231. The number of hydrogen-bond acceptors (Lipinski definition) is 2. The summed E-state index contributed by atoms with van der Waals surface area (Å²) in [6.07, 6.45) is 0. The second-order valence-electron chi connectivity index (χ2n) is 10.5. The van der Waals surface area contributed by atoms with Crippen molar-refractivity contribution in [1.29, 1.82) is 0 Å². The summed E-state index contributed by atoms with van der Waals surface area (Å²) < 4.78 is 12.9. The summed E-state index contributed by atoms with van der Waals surface area (Å²) in [4.78, 5) is 0. The van der Waals surface area contributed by atoms with Crippen LogP contribution in [0.2, 0.25) is 0 Å². The molecule has 0 aliphatic carbocycles. The van der Waals surface area contributed by atoms with Gasteiger partial charge < -0.3 is 8.83 Å². The molecule has 186 valence electrons. The smallest absolute Gasteiger partial charge is 0.147 e. The van der Waals surface area contributed by atoms with Gasteiger partial charge in [0.25, 0.3) is 0 Å². The molecule has 2 heteroatoms. The Bertz CT molecular complexity index is 2430. The average Bonchev–Trinajstić information content (AvgIpc) is 3.58. The second-order valence-corrected chi connectivity index (χ2v) is 10.5. The van der Waals surface area contributed by atoms with Crippen molar-refractivity contribution in [3.63, 3.8) is 0 Å². The van der Waals surface area contributed by atoms with Crippen LogP contribution in [0.5, 0.6) is 0 Å². The molecule has 0 fully saturated rings. The van der Waals surface area contributed by atoms with E-state index in [4.69, 9.17) is 8.83 Å². The minimum Gasteiger partial charge on any atom is -0.456 e. The van der Waals surface area contributed by atoms with Crippen molar-refractivity contribution in [1.82, 2.24) is 0 Å². The minimum absolute atomic E-state index is 0.839. The molecule has 2 aromatic heterocycles. The van der Waals surface area contributed by atoms with Crippen LogP contribution in [0.15, 0.2) is 142 Å². The lowest BCUT2D eigenvalue weighted by Crippen LogP contribution is -1.81. The monoisotopic (exact) mass is 510 g/mol. The number of rotatable bonds is 2. The Morgan fingerprint density at radius 2 is 0.900 bits per heavy atom. The fourth-order valence-electron chi connectivity index (χ4n) is 6.38. The molecule has 2 nitrogen and oxygen atoms in total. The fraction of sp³-hybridized carbons (Fsp3) is 0. The first-order valence-electron chi connectivity index (χ1n) is 13.6. The Hall–Kier alpha value is -5.34. The molecule has 0 radical (unpaired) electrons. The van der Waals surface area contributed by atoms with E-state index in [0.717, 1.165) is 43.9 Å². The van der Waals surface area contributed by atoms with Crippen LogP contribution in [0.4, 0.5) is 0 Å². The molecule has 0 aliphatic heterocycles. The van der Waals surface area contributed by atoms with Crippen molar-refractivity contribution in [3.8, 4) is 22.3 Å². The number of hydrogen-bond donors (Lipinski definition) is 0. The molecule has 0 N–H and O–H groups in total. The third kappa shape index (κ3) is 3.05. The largest absolute Gasteiger partial charge is 0.456 e. The summed E-state index contributed by atoms with van der Waals surface area (Å²) in [5.74, 6) is 0. The Balaban J connectivity index is 1.29. The number of fused-ring (bicyclic) bond motifs is 9. The third-order valence-corrected chi connectivity index (χ3v) is 8.27. The standard InChI is InChI=1S/C38H22O2/c1-3-11-27-23(7-1)9-5-13-29(27)25-15-18-34-32(21-25)31-17-20-36-37(38(31)40-34)33-22-26(16-19-35(33)39-36)30-14-6-10-24-8-2-4-12-28(24)30/h1-22H. The first-order chi connectivity index (χ1) is 19.8. The van der Waals surface area contributed by atoms with Gasteiger partial charge in [-0.05, 0) is 80.2 Å². The van der Waals surface area contributed by atoms with E-state index < -0.39 is 0 Å². The summed E-state index contributed by atoms with van der Waals surface area (Å²) in [7, 11) is 0. The van der Waals surface area contributed by atoms with Gasteiger partial charge in [0.1, 0.15) is 22.3 Å². The van der Waals surface area contributed by atoms with Crippen LogP contribution in [-0.4, -0.2) is 0 Å². The van der Waals surface area contributed by atoms with Crippen LogP contribution < -0.4 is 0 Å². The highest BCUT2D eigenvalue weighted by Gasteiger charge is 2.18. The lowest BCUT2D eigenvalue weighted by molar-refractivity contribution is 0.663. The van der Waals surface area contributed by atoms with E-state index in [1.807, 2.05) is 0 Å². The Morgan fingerprint density at radius 1 is 0.350 bits per heavy atom. The van der Waals surface area contributed by atoms with Crippen LogP contribution in [0.25, 0.3) is 87.7 Å². The van der Waals surface area contributed by atoms with Gasteiger partial charge in [0.2, 0.25) is 0 Å². The highest BCUT2D eigenvalue weighted by atomic mass is 16.3. The fourth-order valence-corrected chi connectivity index (χ4v) is 6.38. The molecule has 0 bridgehead atoms. The molecule has 40 heavy (non-hydrogen) atoms. The van der Waals surface area contributed by atoms with Gasteiger partial charge in [0.05, 0.1) is 5.39 Å². The van der Waals surface area contributed by atoms with Crippen molar-refractivity contribution < 1.29 is 8.83 Å². The SMILES string of the molecule is c1ccc2c(-c3ccc4oc5c(ccc6oc7ccc(-c8cccc9ccccc89)cc7c65)c4c3)cccc2c1. The van der Waals surface area contributed by atoms with Crippen LogP contribution in [-0.2, 0) is 0 Å². The van der Waals surface area contributed by atoms with Crippen molar-refractivity contribution in [2.24, 2.45) is 0 Å². The summed E-state index contributed by atoms with van der Waals surface area (Å²) in [5.41, 5.74) is 8.24. The highest BCUT2D eigenvalue weighted by molar-refractivity contribution is 6.23. The van der Waals surface area contributed by atoms with Crippen molar-refractivity contribution in [2.75, 3.05) is 0 Å². The van der Waals surface area contributed by atoms with E-state index in [0.29, 0.717) is 0 Å². The minimum atomic E-state index is 0.839. The van der Waals surface area contributed by atoms with Gasteiger partial charge in [-0.15, -0.1) is 0 Å². The van der Waals surface area contributed by atoms with E-state index in [2.05, 4.69) is 133 Å². The van der Waals surface area contributed by atoms with Gasteiger partial charge in [-0.3, -0.25) is 0 Å². The van der Waals surface area contributed by atoms with E-state index in [9.17, 15) is 0 Å². The topological polar surface area (TPSA) is 26.3 Å². The highest BCUT2D eigenvalue weighted by Crippen LogP contribution is 2.42. The first kappa shape index (κ1) is 21.6. The van der Waals surface area contributed by atoms with Gasteiger partial charge in [0.15, 0.2) is 0 Å². The zero-order valence-electron chi connectivity index (χ0n) is 21.5. The van der Waals surface area contributed by atoms with E-state index in [1.54, 1.807) is 0 Å². The van der Waals surface area contributed by atoms with Crippen LogP contribution in [0.3, 0.4) is 0 Å². The lowest BCUT2D eigenvalue weighted by atomic mass is 9.96. The van der Waals surface area contributed by atoms with Crippen LogP contribution >= 0.6 is 0 Å². The maximum Gasteiger partial charge on any atom is 0.147 e. The molecule has 0 aliphatic rings. The van der Waals surface area contributed by atoms with Crippen molar-refractivity contribution in [2.45, 2.75) is 0 Å². The summed E-state index contributed by atoms with van der Waals surface area (Å²) in [6, 6.07) is 47.3. The molecule has 9 rings (SSSR count). The Kier molecular flexibility index (Phi) is 4.36. The summed E-state index contributed by atoms with van der Waals surface area (Å²) in [5, 5.41) is 9.28. The molecular formula is C38H22O2. The number of benzene rings is 7. The van der Waals surface area contributed by atoms with Crippen molar-refractivity contribution in [3.05, 3.63) is 133 Å². The van der Waals surface area contributed by atoms with Gasteiger partial charge in [-0.25, -0.2) is 0 Å². The van der Waals surface area contributed by atoms with E-state index >= 15 is 0 Å². The zero-order valence-corrected chi connectivity index (χ0v) is 21.5. The maximum atomic E-state index is 6.57. The molecule has 2 heterocycles. The molecule has 0 saturated heterocycles. The lowest BCUT2D eigenvalue weighted by Gasteiger charge is -2.07. The maximum absolute atomic E-state index is 6.57.